The standard InChI is InChI=1S/C18H14F2O3/c1-10-7-14(13-4-2-3-12(19)9-16(13)20)15-8-11(18(21)22)5-6-17(15)23-10/h2-10,12H,1H3,(H,21,22). The molecule has 2 unspecified atom stereocenters. The molecule has 0 saturated carbocycles. The zero-order valence-corrected chi connectivity index (χ0v) is 12.3. The molecule has 1 aliphatic heterocycles. The van der Waals surface area contributed by atoms with Crippen molar-refractivity contribution in [2.75, 3.05) is 0 Å². The van der Waals surface area contributed by atoms with Crippen LogP contribution in [0.15, 0.2) is 60.0 Å². The van der Waals surface area contributed by atoms with E-state index < -0.39 is 18.0 Å². The molecule has 5 heteroatoms. The fraction of sp³-hybridized carbons (Fsp3) is 0.167. The van der Waals surface area contributed by atoms with Crippen molar-refractivity contribution in [3.8, 4) is 5.75 Å². The second-order valence-electron chi connectivity index (χ2n) is 5.34. The van der Waals surface area contributed by atoms with Crippen LogP contribution >= 0.6 is 0 Å². The van der Waals surface area contributed by atoms with Crippen molar-refractivity contribution in [2.45, 2.75) is 19.2 Å². The number of benzene rings is 1. The van der Waals surface area contributed by atoms with Crippen LogP contribution in [-0.4, -0.2) is 23.4 Å². The van der Waals surface area contributed by atoms with Crippen LogP contribution in [0.4, 0.5) is 8.78 Å². The number of rotatable bonds is 2. The summed E-state index contributed by atoms with van der Waals surface area (Å²) in [5.74, 6) is -1.30. The van der Waals surface area contributed by atoms with Gasteiger partial charge in [-0.3, -0.25) is 0 Å². The molecule has 118 valence electrons. The molecule has 0 amide bonds. The zero-order chi connectivity index (χ0) is 16.6. The van der Waals surface area contributed by atoms with E-state index in [4.69, 9.17) is 9.84 Å². The van der Waals surface area contributed by atoms with Crippen molar-refractivity contribution in [3.05, 3.63) is 71.1 Å². The highest BCUT2D eigenvalue weighted by Gasteiger charge is 2.24. The Balaban J connectivity index is 2.15. The molecule has 2 aliphatic rings. The average molecular weight is 316 g/mol. The van der Waals surface area contributed by atoms with E-state index in [9.17, 15) is 13.6 Å². The van der Waals surface area contributed by atoms with Crippen LogP contribution in [0.1, 0.15) is 22.8 Å². The summed E-state index contributed by atoms with van der Waals surface area (Å²) in [4.78, 5) is 11.2. The first-order chi connectivity index (χ1) is 11.0. The topological polar surface area (TPSA) is 46.5 Å². The van der Waals surface area contributed by atoms with Gasteiger partial charge in [0.2, 0.25) is 0 Å². The van der Waals surface area contributed by atoms with E-state index in [0.29, 0.717) is 16.9 Å². The van der Waals surface area contributed by atoms with Gasteiger partial charge in [-0.15, -0.1) is 0 Å². The summed E-state index contributed by atoms with van der Waals surface area (Å²) in [5.41, 5.74) is 1.25. The smallest absolute Gasteiger partial charge is 0.335 e. The molecule has 2 atom stereocenters. The maximum Gasteiger partial charge on any atom is 0.335 e. The Labute approximate surface area is 131 Å². The molecule has 0 fully saturated rings. The second kappa shape index (κ2) is 5.83. The third kappa shape index (κ3) is 2.95. The maximum absolute atomic E-state index is 14.3. The SMILES string of the molecule is CC1C=C(C2=CC=CC(F)C=C2F)c2cc(C(=O)O)ccc2O1. The summed E-state index contributed by atoms with van der Waals surface area (Å²) in [5, 5.41) is 9.15. The van der Waals surface area contributed by atoms with Gasteiger partial charge in [0.1, 0.15) is 23.9 Å². The summed E-state index contributed by atoms with van der Waals surface area (Å²) in [6.45, 7) is 1.79. The van der Waals surface area contributed by atoms with Crippen LogP contribution in [0.25, 0.3) is 5.57 Å². The normalized spacial score (nSPS) is 23.0. The van der Waals surface area contributed by atoms with Gasteiger partial charge in [0.25, 0.3) is 0 Å². The molecular weight excluding hydrogens is 302 g/mol. The number of hydrogen-bond donors (Lipinski definition) is 1. The van der Waals surface area contributed by atoms with Crippen molar-refractivity contribution in [2.24, 2.45) is 0 Å². The second-order valence-corrected chi connectivity index (χ2v) is 5.34. The quantitative estimate of drug-likeness (QED) is 0.888. The average Bonchev–Trinajstić information content (AvgIpc) is 2.66. The summed E-state index contributed by atoms with van der Waals surface area (Å²) in [6, 6.07) is 4.42. The predicted molar refractivity (Wildman–Crippen MR) is 82.8 cm³/mol. The van der Waals surface area contributed by atoms with E-state index in [1.54, 1.807) is 19.1 Å². The molecule has 0 aromatic heterocycles. The van der Waals surface area contributed by atoms with E-state index in [1.165, 1.54) is 30.4 Å². The zero-order valence-electron chi connectivity index (χ0n) is 12.3. The third-order valence-corrected chi connectivity index (χ3v) is 3.64. The molecule has 1 N–H and O–H groups in total. The van der Waals surface area contributed by atoms with Crippen LogP contribution in [0.2, 0.25) is 0 Å². The number of ether oxygens (including phenoxy) is 1. The fourth-order valence-corrected chi connectivity index (χ4v) is 2.61. The molecule has 0 spiro atoms. The summed E-state index contributed by atoms with van der Waals surface area (Å²) in [6.07, 6.45) is 4.94. The Morgan fingerprint density at radius 2 is 2.04 bits per heavy atom. The Morgan fingerprint density at radius 1 is 1.26 bits per heavy atom. The van der Waals surface area contributed by atoms with Gasteiger partial charge in [-0.1, -0.05) is 12.2 Å². The van der Waals surface area contributed by atoms with Gasteiger partial charge in [0.05, 0.1) is 5.56 Å². The molecule has 3 rings (SSSR count). The first kappa shape index (κ1) is 15.2. The first-order valence-electron chi connectivity index (χ1n) is 7.12. The lowest BCUT2D eigenvalue weighted by Gasteiger charge is -2.24. The number of allylic oxidation sites excluding steroid dienone is 7. The molecule has 23 heavy (non-hydrogen) atoms. The monoisotopic (exact) mass is 316 g/mol. The van der Waals surface area contributed by atoms with Gasteiger partial charge >= 0.3 is 5.97 Å². The number of alkyl halides is 1. The molecule has 1 aromatic carbocycles. The maximum atomic E-state index is 14.3. The summed E-state index contributed by atoms with van der Waals surface area (Å²) >= 11 is 0. The van der Waals surface area contributed by atoms with Crippen molar-refractivity contribution >= 4 is 11.5 Å². The molecular formula is C18H14F2O3. The Bertz CT molecular complexity index is 787. The largest absolute Gasteiger partial charge is 0.486 e. The number of aromatic carboxylic acids is 1. The number of halogens is 2. The number of fused-ring (bicyclic) bond motifs is 1. The van der Waals surface area contributed by atoms with Gasteiger partial charge in [-0.2, -0.15) is 0 Å². The van der Waals surface area contributed by atoms with Crippen molar-refractivity contribution < 1.29 is 23.4 Å². The van der Waals surface area contributed by atoms with Crippen LogP contribution < -0.4 is 4.74 Å². The van der Waals surface area contributed by atoms with E-state index in [-0.39, 0.29) is 17.2 Å². The van der Waals surface area contributed by atoms with Gasteiger partial charge in [0, 0.05) is 11.1 Å². The van der Waals surface area contributed by atoms with Crippen LogP contribution in [0.5, 0.6) is 5.75 Å². The minimum atomic E-state index is -1.49. The molecule has 0 saturated heterocycles. The Kier molecular flexibility index (Phi) is 3.86. The van der Waals surface area contributed by atoms with E-state index in [1.807, 2.05) is 0 Å². The minimum Gasteiger partial charge on any atom is -0.486 e. The first-order valence-corrected chi connectivity index (χ1v) is 7.12. The van der Waals surface area contributed by atoms with E-state index in [2.05, 4.69) is 0 Å². The summed E-state index contributed by atoms with van der Waals surface area (Å²) < 4.78 is 33.4. The van der Waals surface area contributed by atoms with Crippen molar-refractivity contribution in [1.29, 1.82) is 0 Å². The predicted octanol–water partition coefficient (Wildman–Crippen LogP) is 4.24. The van der Waals surface area contributed by atoms with Crippen molar-refractivity contribution in [1.82, 2.24) is 0 Å². The molecule has 1 heterocycles. The summed E-state index contributed by atoms with van der Waals surface area (Å²) in [7, 11) is 0. The highest BCUT2D eigenvalue weighted by molar-refractivity contribution is 5.93. The van der Waals surface area contributed by atoms with E-state index >= 15 is 0 Å². The third-order valence-electron chi connectivity index (χ3n) is 3.64. The van der Waals surface area contributed by atoms with Gasteiger partial charge in [0.15, 0.2) is 0 Å². The Morgan fingerprint density at radius 3 is 2.78 bits per heavy atom. The fourth-order valence-electron chi connectivity index (χ4n) is 2.61. The molecule has 3 nitrogen and oxygen atoms in total. The highest BCUT2D eigenvalue weighted by Crippen LogP contribution is 2.40. The van der Waals surface area contributed by atoms with Gasteiger partial charge < -0.3 is 9.84 Å². The molecule has 1 aliphatic carbocycles. The number of carbonyl (C=O) groups is 1. The Hall–Kier alpha value is -2.69. The lowest BCUT2D eigenvalue weighted by molar-refractivity contribution is 0.0697. The van der Waals surface area contributed by atoms with Gasteiger partial charge in [-0.05, 0) is 48.9 Å². The molecule has 0 radical (unpaired) electrons. The lowest BCUT2D eigenvalue weighted by atomic mass is 9.91. The number of carboxylic acid groups (broad SMARTS) is 1. The molecule has 1 aromatic rings. The highest BCUT2D eigenvalue weighted by atomic mass is 19.1. The minimum absolute atomic E-state index is 0.0744. The van der Waals surface area contributed by atoms with E-state index in [0.717, 1.165) is 6.08 Å². The number of carboxylic acids is 1. The van der Waals surface area contributed by atoms with Crippen molar-refractivity contribution in [3.63, 3.8) is 0 Å². The molecule has 0 bridgehead atoms. The van der Waals surface area contributed by atoms with Crippen LogP contribution in [0.3, 0.4) is 0 Å². The van der Waals surface area contributed by atoms with Crippen LogP contribution in [0, 0.1) is 0 Å². The lowest BCUT2D eigenvalue weighted by Crippen LogP contribution is -2.16. The van der Waals surface area contributed by atoms with Gasteiger partial charge in [-0.25, -0.2) is 13.6 Å². The number of hydrogen-bond acceptors (Lipinski definition) is 2. The van der Waals surface area contributed by atoms with Crippen LogP contribution in [-0.2, 0) is 0 Å².